The fourth-order valence-electron chi connectivity index (χ4n) is 4.94. The molecule has 0 radical (unpaired) electrons. The maximum Gasteiger partial charge on any atom is 0.152 e. The second-order valence-electron chi connectivity index (χ2n) is 9.47. The summed E-state index contributed by atoms with van der Waals surface area (Å²) in [5.41, 5.74) is 7.41. The van der Waals surface area contributed by atoms with Crippen LogP contribution in [0.15, 0.2) is 66.9 Å². The summed E-state index contributed by atoms with van der Waals surface area (Å²) < 4.78 is 27.9. The predicted octanol–water partition coefficient (Wildman–Crippen LogP) is 4.34. The minimum atomic E-state index is -2.96. The summed E-state index contributed by atoms with van der Waals surface area (Å²) in [5.74, 6) is 0.433. The van der Waals surface area contributed by atoms with Crippen LogP contribution in [-0.4, -0.2) is 51.4 Å². The van der Waals surface area contributed by atoms with Gasteiger partial charge in [0.15, 0.2) is 9.84 Å². The Morgan fingerprint density at radius 2 is 1.66 bits per heavy atom. The first kappa shape index (κ1) is 23.5. The highest BCUT2D eigenvalue weighted by molar-refractivity contribution is 7.91. The van der Waals surface area contributed by atoms with Gasteiger partial charge in [0.25, 0.3) is 0 Å². The summed E-state index contributed by atoms with van der Waals surface area (Å²) in [6.07, 6.45) is 2.75. The summed E-state index contributed by atoms with van der Waals surface area (Å²) in [5, 5.41) is 9.67. The third-order valence-electron chi connectivity index (χ3n) is 6.76. The topological polar surface area (TPSA) is 73.0 Å². The fourth-order valence-corrected chi connectivity index (χ4v) is 6.64. The molecular weight excluding hydrogens is 458 g/mol. The molecule has 1 atom stereocenters. The van der Waals surface area contributed by atoms with E-state index in [-0.39, 0.29) is 17.5 Å². The number of sulfone groups is 1. The minimum Gasteiger partial charge on any atom is -0.298 e. The monoisotopic (exact) mass is 489 g/mol. The highest BCUT2D eigenvalue weighted by atomic mass is 32.2. The minimum absolute atomic E-state index is 0.0634. The van der Waals surface area contributed by atoms with Crippen molar-refractivity contribution in [3.63, 3.8) is 0 Å². The van der Waals surface area contributed by atoms with E-state index in [0.29, 0.717) is 6.42 Å². The Kier molecular flexibility index (Phi) is 6.34. The molecular formula is C27H31N5O2S. The van der Waals surface area contributed by atoms with Gasteiger partial charge < -0.3 is 0 Å². The van der Waals surface area contributed by atoms with Gasteiger partial charge in [0.2, 0.25) is 0 Å². The number of aryl methyl sites for hydroxylation is 1. The molecule has 8 heteroatoms. The second-order valence-corrected chi connectivity index (χ2v) is 11.7. The molecule has 1 aliphatic rings. The van der Waals surface area contributed by atoms with Gasteiger partial charge in [0.1, 0.15) is 0 Å². The van der Waals surface area contributed by atoms with Crippen LogP contribution in [0.3, 0.4) is 0 Å². The first-order valence-electron chi connectivity index (χ1n) is 11.9. The Morgan fingerprint density at radius 3 is 2.31 bits per heavy atom. The molecule has 2 aromatic carbocycles. The number of aromatic nitrogens is 4. The zero-order chi connectivity index (χ0) is 24.6. The molecule has 35 heavy (non-hydrogen) atoms. The maximum absolute atomic E-state index is 12.0. The summed E-state index contributed by atoms with van der Waals surface area (Å²) in [4.78, 5) is 2.27. The van der Waals surface area contributed by atoms with Crippen molar-refractivity contribution in [3.8, 4) is 16.9 Å². The van der Waals surface area contributed by atoms with Gasteiger partial charge in [-0.05, 0) is 39.4 Å². The number of nitrogens with zero attached hydrogens (tertiary/aromatic N) is 5. The highest BCUT2D eigenvalue weighted by Crippen LogP contribution is 2.29. The first-order chi connectivity index (χ1) is 16.8. The normalized spacial score (nSPS) is 17.3. The molecule has 7 nitrogen and oxygen atoms in total. The van der Waals surface area contributed by atoms with Gasteiger partial charge in [0, 0.05) is 41.7 Å². The van der Waals surface area contributed by atoms with E-state index in [2.05, 4.69) is 49.3 Å². The van der Waals surface area contributed by atoms with Crippen molar-refractivity contribution in [2.45, 2.75) is 39.4 Å². The summed E-state index contributed by atoms with van der Waals surface area (Å²) in [6.45, 7) is 5.51. The third-order valence-corrected chi connectivity index (χ3v) is 8.51. The van der Waals surface area contributed by atoms with Gasteiger partial charge in [-0.3, -0.25) is 9.58 Å². The van der Waals surface area contributed by atoms with E-state index in [1.165, 1.54) is 0 Å². The lowest BCUT2D eigenvalue weighted by Gasteiger charge is -2.18. The molecule has 2 aromatic heterocycles. The van der Waals surface area contributed by atoms with Gasteiger partial charge >= 0.3 is 0 Å². The Balaban J connectivity index is 1.40. The molecule has 0 unspecified atom stereocenters. The van der Waals surface area contributed by atoms with E-state index < -0.39 is 9.84 Å². The Morgan fingerprint density at radius 1 is 0.971 bits per heavy atom. The third kappa shape index (κ3) is 4.94. The molecule has 1 fully saturated rings. The van der Waals surface area contributed by atoms with Crippen LogP contribution in [-0.2, 0) is 22.9 Å². The average molecular weight is 490 g/mol. The quantitative estimate of drug-likeness (QED) is 0.386. The first-order valence-corrected chi connectivity index (χ1v) is 13.8. The number of hydrogen-bond acceptors (Lipinski definition) is 5. The summed E-state index contributed by atoms with van der Waals surface area (Å²) in [6, 6.07) is 20.4. The van der Waals surface area contributed by atoms with Crippen LogP contribution in [0.2, 0.25) is 0 Å². The van der Waals surface area contributed by atoms with Crippen molar-refractivity contribution in [1.82, 2.24) is 24.5 Å². The van der Waals surface area contributed by atoms with E-state index in [9.17, 15) is 8.42 Å². The molecule has 0 aliphatic carbocycles. The maximum atomic E-state index is 12.0. The Bertz CT molecular complexity index is 1430. The summed E-state index contributed by atoms with van der Waals surface area (Å²) in [7, 11) is -0.858. The smallest absolute Gasteiger partial charge is 0.152 e. The molecule has 0 bridgehead atoms. The molecule has 5 rings (SSSR count). The van der Waals surface area contributed by atoms with Crippen LogP contribution in [0.5, 0.6) is 0 Å². The molecule has 1 saturated heterocycles. The zero-order valence-corrected chi connectivity index (χ0v) is 21.2. The van der Waals surface area contributed by atoms with Gasteiger partial charge in [-0.2, -0.15) is 10.2 Å². The largest absolute Gasteiger partial charge is 0.298 e. The van der Waals surface area contributed by atoms with Crippen molar-refractivity contribution in [1.29, 1.82) is 0 Å². The van der Waals surface area contributed by atoms with Gasteiger partial charge in [-0.25, -0.2) is 13.1 Å². The molecule has 0 N–H and O–H groups in total. The number of benzene rings is 2. The van der Waals surface area contributed by atoms with Crippen molar-refractivity contribution < 1.29 is 8.42 Å². The van der Waals surface area contributed by atoms with E-state index in [1.807, 2.05) is 52.7 Å². The van der Waals surface area contributed by atoms with E-state index in [0.717, 1.165) is 52.5 Å². The van der Waals surface area contributed by atoms with E-state index >= 15 is 0 Å². The molecule has 3 heterocycles. The lowest BCUT2D eigenvalue weighted by molar-refractivity contribution is 0.317. The average Bonchev–Trinajstić information content (AvgIpc) is 3.51. The summed E-state index contributed by atoms with van der Waals surface area (Å²) >= 11 is 0. The predicted molar refractivity (Wildman–Crippen MR) is 138 cm³/mol. The second kappa shape index (κ2) is 9.43. The molecule has 0 saturated carbocycles. The van der Waals surface area contributed by atoms with Crippen LogP contribution in [0.1, 0.15) is 35.0 Å². The van der Waals surface area contributed by atoms with E-state index in [1.54, 1.807) is 0 Å². The van der Waals surface area contributed by atoms with Crippen molar-refractivity contribution >= 4 is 9.84 Å². The lowest BCUT2D eigenvalue weighted by atomic mass is 10.1. The van der Waals surface area contributed by atoms with Crippen LogP contribution < -0.4 is 0 Å². The lowest BCUT2D eigenvalue weighted by Crippen LogP contribution is -2.19. The van der Waals surface area contributed by atoms with Crippen LogP contribution in [0.25, 0.3) is 16.9 Å². The van der Waals surface area contributed by atoms with Crippen molar-refractivity contribution in [2.24, 2.45) is 0 Å². The van der Waals surface area contributed by atoms with Gasteiger partial charge in [-0.15, -0.1) is 0 Å². The standard InChI is InChI=1S/C27H31N5O2S/c1-20-26(21(2)32(28-20)25-14-15-35(33,34)19-25)18-30(3)16-23-17-31(24-12-8-5-9-13-24)29-27(23)22-10-6-4-7-11-22/h4-13,17,25H,14-16,18-19H2,1-3H3/t25-/m1/s1. The fraction of sp³-hybridized carbons (Fsp3) is 0.333. The molecule has 0 amide bonds. The van der Waals surface area contributed by atoms with Gasteiger partial charge in [-0.1, -0.05) is 48.5 Å². The van der Waals surface area contributed by atoms with E-state index in [4.69, 9.17) is 10.2 Å². The Labute approximate surface area is 206 Å². The molecule has 0 spiro atoms. The van der Waals surface area contributed by atoms with Crippen LogP contribution in [0.4, 0.5) is 0 Å². The number of para-hydroxylation sites is 1. The van der Waals surface area contributed by atoms with Crippen LogP contribution in [0, 0.1) is 13.8 Å². The van der Waals surface area contributed by atoms with Crippen LogP contribution >= 0.6 is 0 Å². The number of hydrogen-bond donors (Lipinski definition) is 0. The van der Waals surface area contributed by atoms with Crippen molar-refractivity contribution in [3.05, 3.63) is 89.4 Å². The number of rotatable bonds is 7. The van der Waals surface area contributed by atoms with Crippen molar-refractivity contribution in [2.75, 3.05) is 18.6 Å². The molecule has 182 valence electrons. The zero-order valence-electron chi connectivity index (χ0n) is 20.4. The molecule has 1 aliphatic heterocycles. The highest BCUT2D eigenvalue weighted by Gasteiger charge is 2.31. The molecule has 4 aromatic rings. The van der Waals surface area contributed by atoms with Gasteiger partial charge in [0.05, 0.1) is 34.6 Å². The Hall–Kier alpha value is -3.23. The SMILES string of the molecule is Cc1nn([C@@H]2CCS(=O)(=O)C2)c(C)c1CN(C)Cc1cn(-c2ccccc2)nc1-c1ccccc1.